The normalized spacial score (nSPS) is 20.4. The van der Waals surface area contributed by atoms with E-state index in [1.165, 1.54) is 23.8 Å². The first-order valence-corrected chi connectivity index (χ1v) is 7.57. The molecular weight excluding hydrogens is 248 g/mol. The molecule has 1 aliphatic rings. The molecule has 3 rings (SSSR count). The van der Waals surface area contributed by atoms with Gasteiger partial charge in [0.25, 0.3) is 0 Å². The minimum atomic E-state index is 0.344. The lowest BCUT2D eigenvalue weighted by molar-refractivity contribution is 0.0949. The molecule has 3 nitrogen and oxygen atoms in total. The number of rotatable bonds is 5. The lowest BCUT2D eigenvalue weighted by atomic mass is 9.95. The summed E-state index contributed by atoms with van der Waals surface area (Å²) in [5.74, 6) is 0. The van der Waals surface area contributed by atoms with E-state index >= 15 is 0 Å². The summed E-state index contributed by atoms with van der Waals surface area (Å²) in [6.45, 7) is 4.04. The van der Waals surface area contributed by atoms with Crippen LogP contribution in [0.15, 0.2) is 36.5 Å². The van der Waals surface area contributed by atoms with Crippen LogP contribution in [-0.2, 0) is 4.74 Å². The number of ether oxygens (including phenoxy) is 1. The van der Waals surface area contributed by atoms with Crippen molar-refractivity contribution in [1.29, 1.82) is 0 Å². The van der Waals surface area contributed by atoms with Gasteiger partial charge >= 0.3 is 0 Å². The zero-order valence-electron chi connectivity index (χ0n) is 12.0. The van der Waals surface area contributed by atoms with Crippen LogP contribution in [0.1, 0.15) is 37.8 Å². The average Bonchev–Trinajstić information content (AvgIpc) is 2.99. The highest BCUT2D eigenvalue weighted by atomic mass is 16.5. The third-order valence-electron chi connectivity index (χ3n) is 4.03. The van der Waals surface area contributed by atoms with Crippen LogP contribution < -0.4 is 5.32 Å². The van der Waals surface area contributed by atoms with Gasteiger partial charge in [0, 0.05) is 24.2 Å². The van der Waals surface area contributed by atoms with Gasteiger partial charge in [-0.15, -0.1) is 0 Å². The maximum atomic E-state index is 5.81. The zero-order chi connectivity index (χ0) is 13.8. The Kier molecular flexibility index (Phi) is 4.28. The molecule has 1 saturated heterocycles. The smallest absolute Gasteiger partial charge is 0.0705 e. The van der Waals surface area contributed by atoms with Crippen LogP contribution in [0.25, 0.3) is 10.9 Å². The maximum absolute atomic E-state index is 5.81. The van der Waals surface area contributed by atoms with Crippen LogP contribution in [0, 0.1) is 0 Å². The Morgan fingerprint density at radius 3 is 3.10 bits per heavy atom. The Bertz CT molecular complexity index is 558. The number of fused-ring (bicyclic) bond motifs is 1. The van der Waals surface area contributed by atoms with Gasteiger partial charge in [-0.25, -0.2) is 0 Å². The molecule has 2 heterocycles. The van der Waals surface area contributed by atoms with Crippen molar-refractivity contribution in [2.75, 3.05) is 13.2 Å². The number of aromatic nitrogens is 1. The van der Waals surface area contributed by atoms with E-state index in [9.17, 15) is 0 Å². The third kappa shape index (κ3) is 2.84. The van der Waals surface area contributed by atoms with Gasteiger partial charge in [0.05, 0.1) is 11.6 Å². The van der Waals surface area contributed by atoms with Crippen molar-refractivity contribution in [3.63, 3.8) is 0 Å². The number of hydrogen-bond acceptors (Lipinski definition) is 3. The van der Waals surface area contributed by atoms with E-state index in [0.29, 0.717) is 12.1 Å². The predicted octanol–water partition coefficient (Wildman–Crippen LogP) is 3.45. The summed E-state index contributed by atoms with van der Waals surface area (Å²) in [6.07, 6.45) is 5.67. The molecule has 1 aromatic carbocycles. The molecule has 0 spiro atoms. The maximum Gasteiger partial charge on any atom is 0.0705 e. The Balaban J connectivity index is 1.91. The van der Waals surface area contributed by atoms with E-state index in [4.69, 9.17) is 4.74 Å². The van der Waals surface area contributed by atoms with Gasteiger partial charge in [0.15, 0.2) is 0 Å². The second-order valence-corrected chi connectivity index (χ2v) is 5.40. The Labute approximate surface area is 120 Å². The van der Waals surface area contributed by atoms with Crippen molar-refractivity contribution in [3.8, 4) is 0 Å². The highest BCUT2D eigenvalue weighted by molar-refractivity contribution is 5.82. The lowest BCUT2D eigenvalue weighted by Gasteiger charge is -2.23. The number of benzene rings is 1. The minimum Gasteiger partial charge on any atom is -0.378 e. The molecule has 2 atom stereocenters. The lowest BCUT2D eigenvalue weighted by Crippen LogP contribution is -2.25. The molecule has 0 radical (unpaired) electrons. The van der Waals surface area contributed by atoms with Gasteiger partial charge in [-0.3, -0.25) is 4.98 Å². The van der Waals surface area contributed by atoms with Gasteiger partial charge in [-0.2, -0.15) is 0 Å². The van der Waals surface area contributed by atoms with E-state index in [2.05, 4.69) is 41.5 Å². The summed E-state index contributed by atoms with van der Waals surface area (Å²) in [4.78, 5) is 4.46. The first kappa shape index (κ1) is 13.5. The highest BCUT2D eigenvalue weighted by Crippen LogP contribution is 2.29. The van der Waals surface area contributed by atoms with Crippen LogP contribution in [0.5, 0.6) is 0 Å². The minimum absolute atomic E-state index is 0.344. The Morgan fingerprint density at radius 2 is 2.30 bits per heavy atom. The number of nitrogens with one attached hydrogen (secondary N) is 1. The van der Waals surface area contributed by atoms with E-state index in [-0.39, 0.29) is 0 Å². The fourth-order valence-corrected chi connectivity index (χ4v) is 3.09. The zero-order valence-corrected chi connectivity index (χ0v) is 12.0. The van der Waals surface area contributed by atoms with Crippen LogP contribution in [0.3, 0.4) is 0 Å². The molecule has 1 aliphatic heterocycles. The molecule has 2 unspecified atom stereocenters. The summed E-state index contributed by atoms with van der Waals surface area (Å²) in [6, 6.07) is 10.9. The SMILES string of the molecule is CCNC(CC1CCCO1)c1cccc2ncccc12. The summed E-state index contributed by atoms with van der Waals surface area (Å²) >= 11 is 0. The summed E-state index contributed by atoms with van der Waals surface area (Å²) in [7, 11) is 0. The Morgan fingerprint density at radius 1 is 1.35 bits per heavy atom. The second-order valence-electron chi connectivity index (χ2n) is 5.40. The summed E-state index contributed by atoms with van der Waals surface area (Å²) in [5.41, 5.74) is 2.41. The molecule has 1 fully saturated rings. The van der Waals surface area contributed by atoms with E-state index in [1.807, 2.05) is 12.3 Å². The molecular formula is C17H22N2O. The second kappa shape index (κ2) is 6.33. The average molecular weight is 270 g/mol. The first-order chi connectivity index (χ1) is 9.88. The quantitative estimate of drug-likeness (QED) is 0.903. The van der Waals surface area contributed by atoms with Crippen LogP contribution in [0.4, 0.5) is 0 Å². The molecule has 1 aromatic heterocycles. The van der Waals surface area contributed by atoms with Crippen molar-refractivity contribution in [2.45, 2.75) is 38.3 Å². The van der Waals surface area contributed by atoms with Crippen molar-refractivity contribution in [3.05, 3.63) is 42.1 Å². The summed E-state index contributed by atoms with van der Waals surface area (Å²) in [5, 5.41) is 4.86. The molecule has 0 bridgehead atoms. The van der Waals surface area contributed by atoms with Gasteiger partial charge in [0.1, 0.15) is 0 Å². The van der Waals surface area contributed by atoms with Gasteiger partial charge < -0.3 is 10.1 Å². The molecule has 0 saturated carbocycles. The number of hydrogen-bond donors (Lipinski definition) is 1. The largest absolute Gasteiger partial charge is 0.378 e. The van der Waals surface area contributed by atoms with Crippen molar-refractivity contribution >= 4 is 10.9 Å². The van der Waals surface area contributed by atoms with E-state index in [0.717, 1.165) is 25.1 Å². The van der Waals surface area contributed by atoms with E-state index < -0.39 is 0 Å². The molecule has 0 amide bonds. The standard InChI is InChI=1S/C17H22N2O/c1-2-18-17(12-13-6-5-11-20-13)15-7-3-9-16-14(15)8-4-10-19-16/h3-4,7-10,13,17-18H,2,5-6,11-12H2,1H3. The van der Waals surface area contributed by atoms with Crippen molar-refractivity contribution in [1.82, 2.24) is 10.3 Å². The van der Waals surface area contributed by atoms with Crippen molar-refractivity contribution < 1.29 is 4.74 Å². The van der Waals surface area contributed by atoms with Gasteiger partial charge in [0.2, 0.25) is 0 Å². The van der Waals surface area contributed by atoms with Crippen LogP contribution in [-0.4, -0.2) is 24.2 Å². The predicted molar refractivity (Wildman–Crippen MR) is 81.8 cm³/mol. The highest BCUT2D eigenvalue weighted by Gasteiger charge is 2.22. The molecule has 3 heteroatoms. The van der Waals surface area contributed by atoms with Crippen LogP contribution >= 0.6 is 0 Å². The fraction of sp³-hybridized carbons (Fsp3) is 0.471. The molecule has 106 valence electrons. The van der Waals surface area contributed by atoms with E-state index in [1.54, 1.807) is 0 Å². The molecule has 1 N–H and O–H groups in total. The third-order valence-corrected chi connectivity index (χ3v) is 4.03. The van der Waals surface area contributed by atoms with Crippen LogP contribution in [0.2, 0.25) is 0 Å². The van der Waals surface area contributed by atoms with Crippen molar-refractivity contribution in [2.24, 2.45) is 0 Å². The number of pyridine rings is 1. The topological polar surface area (TPSA) is 34.1 Å². The van der Waals surface area contributed by atoms with Gasteiger partial charge in [-0.1, -0.05) is 25.1 Å². The molecule has 20 heavy (non-hydrogen) atoms. The first-order valence-electron chi connectivity index (χ1n) is 7.57. The summed E-state index contributed by atoms with van der Waals surface area (Å²) < 4.78 is 5.81. The van der Waals surface area contributed by atoms with Gasteiger partial charge in [-0.05, 0) is 43.5 Å². The Hall–Kier alpha value is -1.45. The molecule has 0 aliphatic carbocycles. The monoisotopic (exact) mass is 270 g/mol. The number of nitrogens with zero attached hydrogens (tertiary/aromatic N) is 1. The fourth-order valence-electron chi connectivity index (χ4n) is 3.09. The molecule has 2 aromatic rings.